The van der Waals surface area contributed by atoms with Crippen LogP contribution in [0.2, 0.25) is 0 Å². The van der Waals surface area contributed by atoms with Crippen molar-refractivity contribution in [3.63, 3.8) is 0 Å². The molecule has 0 N–H and O–H groups in total. The molecule has 0 bridgehead atoms. The van der Waals surface area contributed by atoms with Gasteiger partial charge < -0.3 is 0 Å². The molecule has 0 nitrogen and oxygen atoms in total. The Labute approximate surface area is 163 Å². The van der Waals surface area contributed by atoms with Gasteiger partial charge in [0.25, 0.3) is 0 Å². The molecule has 0 saturated heterocycles. The van der Waals surface area contributed by atoms with E-state index in [1.165, 1.54) is 18.4 Å². The first-order valence-corrected chi connectivity index (χ1v) is 9.95. The zero-order valence-electron chi connectivity index (χ0n) is 16.3. The molecule has 3 rings (SSSR count). The summed E-state index contributed by atoms with van der Waals surface area (Å²) >= 11 is 0. The number of hydrogen-bond acceptors (Lipinski definition) is 0. The summed E-state index contributed by atoms with van der Waals surface area (Å²) in [7, 11) is 0. The molecule has 0 radical (unpaired) electrons. The molecule has 0 unspecified atom stereocenters. The second-order valence-corrected chi connectivity index (χ2v) is 7.57. The fourth-order valence-corrected chi connectivity index (χ4v) is 3.74. The molecule has 1 saturated carbocycles. The van der Waals surface area contributed by atoms with Gasteiger partial charge in [-0.15, -0.1) is 11.8 Å². The van der Waals surface area contributed by atoms with Crippen LogP contribution in [-0.4, -0.2) is 0 Å². The molecule has 1 fully saturated rings. The van der Waals surface area contributed by atoms with Crippen molar-refractivity contribution in [1.29, 1.82) is 0 Å². The van der Waals surface area contributed by atoms with Crippen LogP contribution in [0.3, 0.4) is 0 Å². The van der Waals surface area contributed by atoms with Gasteiger partial charge in [0.2, 0.25) is 0 Å². The summed E-state index contributed by atoms with van der Waals surface area (Å²) in [5.41, 5.74) is 3.82. The van der Waals surface area contributed by atoms with Crippen LogP contribution in [0.15, 0.2) is 42.5 Å². The molecule has 0 amide bonds. The first-order valence-electron chi connectivity index (χ1n) is 9.95. The van der Waals surface area contributed by atoms with Gasteiger partial charge in [-0.3, -0.25) is 0 Å². The van der Waals surface area contributed by atoms with Crippen LogP contribution in [0.1, 0.15) is 74.1 Å². The quantitative estimate of drug-likeness (QED) is 0.551. The van der Waals surface area contributed by atoms with E-state index in [0.29, 0.717) is 5.92 Å². The molecule has 138 valence electrons. The van der Waals surface area contributed by atoms with Gasteiger partial charge in [-0.05, 0) is 73.4 Å². The van der Waals surface area contributed by atoms with Crippen LogP contribution in [-0.2, 0) is 6.42 Å². The SMILES string of the molecule is CC#CCCc1ccc(C#Cc2ccc(C3CCC(C)CC3)c(F)c2)cc1. The maximum atomic E-state index is 14.6. The number of aryl methyl sites for hydroxylation is 1. The molecule has 1 heteroatoms. The lowest BCUT2D eigenvalue weighted by Gasteiger charge is -2.26. The van der Waals surface area contributed by atoms with Crippen molar-refractivity contribution in [2.75, 3.05) is 0 Å². The lowest BCUT2D eigenvalue weighted by atomic mass is 9.79. The van der Waals surface area contributed by atoms with Gasteiger partial charge in [0, 0.05) is 17.5 Å². The predicted molar refractivity (Wildman–Crippen MR) is 111 cm³/mol. The van der Waals surface area contributed by atoms with Gasteiger partial charge in [0.1, 0.15) is 5.82 Å². The first kappa shape index (κ1) is 19.3. The van der Waals surface area contributed by atoms with Crippen molar-refractivity contribution >= 4 is 0 Å². The van der Waals surface area contributed by atoms with E-state index in [0.717, 1.165) is 48.3 Å². The summed E-state index contributed by atoms with van der Waals surface area (Å²) in [6, 6.07) is 13.7. The molecular weight excluding hydrogens is 331 g/mol. The molecule has 0 heterocycles. The third-order valence-corrected chi connectivity index (χ3v) is 5.48. The van der Waals surface area contributed by atoms with Crippen molar-refractivity contribution < 1.29 is 4.39 Å². The van der Waals surface area contributed by atoms with Gasteiger partial charge in [0.05, 0.1) is 0 Å². The van der Waals surface area contributed by atoms with Crippen molar-refractivity contribution in [3.8, 4) is 23.7 Å². The summed E-state index contributed by atoms with van der Waals surface area (Å²) in [5, 5.41) is 0. The Morgan fingerprint density at radius 2 is 1.59 bits per heavy atom. The molecule has 0 atom stereocenters. The molecule has 2 aromatic rings. The Morgan fingerprint density at radius 3 is 2.26 bits per heavy atom. The predicted octanol–water partition coefficient (Wildman–Crippen LogP) is 6.48. The monoisotopic (exact) mass is 358 g/mol. The third-order valence-electron chi connectivity index (χ3n) is 5.48. The third kappa shape index (κ3) is 5.48. The highest BCUT2D eigenvalue weighted by atomic mass is 19.1. The van der Waals surface area contributed by atoms with E-state index >= 15 is 0 Å². The second-order valence-electron chi connectivity index (χ2n) is 7.57. The van der Waals surface area contributed by atoms with E-state index < -0.39 is 0 Å². The highest BCUT2D eigenvalue weighted by Gasteiger charge is 2.22. The fraction of sp³-hybridized carbons (Fsp3) is 0.385. The Kier molecular flexibility index (Phi) is 6.73. The minimum atomic E-state index is -0.103. The molecule has 27 heavy (non-hydrogen) atoms. The Hall–Kier alpha value is -2.51. The van der Waals surface area contributed by atoms with E-state index in [-0.39, 0.29) is 5.82 Å². The average molecular weight is 359 g/mol. The van der Waals surface area contributed by atoms with Crippen molar-refractivity contribution in [3.05, 3.63) is 70.5 Å². The van der Waals surface area contributed by atoms with E-state index in [4.69, 9.17) is 0 Å². The molecule has 0 spiro atoms. The van der Waals surface area contributed by atoms with E-state index in [2.05, 4.69) is 42.7 Å². The zero-order valence-corrected chi connectivity index (χ0v) is 16.3. The van der Waals surface area contributed by atoms with Crippen LogP contribution < -0.4 is 0 Å². The lowest BCUT2D eigenvalue weighted by Crippen LogP contribution is -2.12. The van der Waals surface area contributed by atoms with Crippen molar-refractivity contribution in [2.45, 2.75) is 58.3 Å². The Morgan fingerprint density at radius 1 is 0.926 bits per heavy atom. The highest BCUT2D eigenvalue weighted by molar-refractivity contribution is 5.44. The number of hydrogen-bond donors (Lipinski definition) is 0. The lowest BCUT2D eigenvalue weighted by molar-refractivity contribution is 0.342. The molecular formula is C26H27F. The largest absolute Gasteiger partial charge is 0.207 e. The van der Waals surface area contributed by atoms with E-state index in [9.17, 15) is 4.39 Å². The maximum absolute atomic E-state index is 14.6. The van der Waals surface area contributed by atoms with Crippen LogP contribution in [0, 0.1) is 35.4 Å². The minimum absolute atomic E-state index is 0.103. The summed E-state index contributed by atoms with van der Waals surface area (Å²) in [4.78, 5) is 0. The number of halogens is 1. The molecule has 2 aromatic carbocycles. The van der Waals surface area contributed by atoms with Gasteiger partial charge in [-0.25, -0.2) is 4.39 Å². The summed E-state index contributed by atoms with van der Waals surface area (Å²) in [6.45, 7) is 4.15. The molecule has 1 aliphatic carbocycles. The first-order chi connectivity index (χ1) is 13.2. The topological polar surface area (TPSA) is 0 Å². The molecule has 0 aliphatic heterocycles. The number of benzene rings is 2. The van der Waals surface area contributed by atoms with Gasteiger partial charge in [0.15, 0.2) is 0 Å². The molecule has 1 aliphatic rings. The average Bonchev–Trinajstić information content (AvgIpc) is 2.68. The van der Waals surface area contributed by atoms with Crippen molar-refractivity contribution in [1.82, 2.24) is 0 Å². The van der Waals surface area contributed by atoms with Crippen molar-refractivity contribution in [2.24, 2.45) is 5.92 Å². The summed E-state index contributed by atoms with van der Waals surface area (Å²) < 4.78 is 14.6. The molecule has 0 aromatic heterocycles. The van der Waals surface area contributed by atoms with Crippen LogP contribution in [0.4, 0.5) is 4.39 Å². The van der Waals surface area contributed by atoms with Gasteiger partial charge in [-0.2, -0.15) is 0 Å². The van der Waals surface area contributed by atoms with E-state index in [1.54, 1.807) is 6.07 Å². The highest BCUT2D eigenvalue weighted by Crippen LogP contribution is 2.36. The standard InChI is InChI=1S/C26H27F/c1-3-4-5-6-21-9-11-22(12-10-21)13-14-23-15-18-25(26(27)19-23)24-16-7-20(2)8-17-24/h9-12,15,18-20,24H,5-8,16-17H2,1-2H3. The second kappa shape index (κ2) is 9.43. The maximum Gasteiger partial charge on any atom is 0.127 e. The normalized spacial score (nSPS) is 18.8. The Balaban J connectivity index is 1.66. The van der Waals surface area contributed by atoms with Gasteiger partial charge >= 0.3 is 0 Å². The fourth-order valence-electron chi connectivity index (χ4n) is 3.74. The minimum Gasteiger partial charge on any atom is -0.207 e. The number of rotatable bonds is 3. The van der Waals surface area contributed by atoms with Crippen LogP contribution in [0.5, 0.6) is 0 Å². The van der Waals surface area contributed by atoms with Gasteiger partial charge in [-0.1, -0.05) is 49.8 Å². The summed E-state index contributed by atoms with van der Waals surface area (Å²) in [6.07, 6.45) is 6.44. The smallest absolute Gasteiger partial charge is 0.127 e. The van der Waals surface area contributed by atoms with Crippen LogP contribution in [0.25, 0.3) is 0 Å². The van der Waals surface area contributed by atoms with Crippen LogP contribution >= 0.6 is 0 Å². The summed E-state index contributed by atoms with van der Waals surface area (Å²) in [5.74, 6) is 13.3. The van der Waals surface area contributed by atoms with E-state index in [1.807, 2.05) is 31.2 Å². The zero-order chi connectivity index (χ0) is 19.1. The Bertz CT molecular complexity index is 876.